The van der Waals surface area contributed by atoms with Crippen LogP contribution < -0.4 is 5.32 Å². The van der Waals surface area contributed by atoms with E-state index in [9.17, 15) is 4.79 Å². The predicted molar refractivity (Wildman–Crippen MR) is 50.4 cm³/mol. The van der Waals surface area contributed by atoms with Crippen LogP contribution in [0.25, 0.3) is 0 Å². The standard InChI is InChI=1S/C9H15N3O/c1-7(2)6-10-9(13)8-4-5-12(3)11-8/h4-5,7H,6H2,1-3H3,(H,10,13). The fourth-order valence-electron chi connectivity index (χ4n) is 0.924. The minimum atomic E-state index is -0.102. The summed E-state index contributed by atoms with van der Waals surface area (Å²) in [5, 5.41) is 6.79. The summed E-state index contributed by atoms with van der Waals surface area (Å²) in [5.74, 6) is 0.363. The molecule has 0 atom stereocenters. The Morgan fingerprint density at radius 1 is 1.69 bits per heavy atom. The van der Waals surface area contributed by atoms with E-state index in [1.165, 1.54) is 0 Å². The van der Waals surface area contributed by atoms with Crippen LogP contribution in [0.5, 0.6) is 0 Å². The molecule has 1 N–H and O–H groups in total. The van der Waals surface area contributed by atoms with Crippen LogP contribution in [-0.2, 0) is 7.05 Å². The maximum Gasteiger partial charge on any atom is 0.271 e. The van der Waals surface area contributed by atoms with Gasteiger partial charge < -0.3 is 5.32 Å². The van der Waals surface area contributed by atoms with E-state index in [1.54, 1.807) is 24.0 Å². The number of aryl methyl sites for hydroxylation is 1. The number of amides is 1. The average molecular weight is 181 g/mol. The number of aromatic nitrogens is 2. The lowest BCUT2D eigenvalue weighted by molar-refractivity contribution is 0.0943. The van der Waals surface area contributed by atoms with E-state index < -0.39 is 0 Å². The van der Waals surface area contributed by atoms with Crippen LogP contribution in [0.2, 0.25) is 0 Å². The Bertz CT molecular complexity index is 291. The third-order valence-corrected chi connectivity index (χ3v) is 1.62. The molecule has 0 saturated carbocycles. The summed E-state index contributed by atoms with van der Waals surface area (Å²) >= 11 is 0. The van der Waals surface area contributed by atoms with Crippen LogP contribution in [0.1, 0.15) is 24.3 Å². The molecule has 0 aromatic carbocycles. The molecule has 0 bridgehead atoms. The van der Waals surface area contributed by atoms with Crippen molar-refractivity contribution in [3.05, 3.63) is 18.0 Å². The smallest absolute Gasteiger partial charge is 0.271 e. The summed E-state index contributed by atoms with van der Waals surface area (Å²) in [6.45, 7) is 4.80. The first-order chi connectivity index (χ1) is 6.09. The quantitative estimate of drug-likeness (QED) is 0.750. The van der Waals surface area contributed by atoms with Crippen molar-refractivity contribution in [1.29, 1.82) is 0 Å². The Kier molecular flexibility index (Phi) is 3.06. The molecule has 0 unspecified atom stereocenters. The molecule has 0 fully saturated rings. The predicted octanol–water partition coefficient (Wildman–Crippen LogP) is 0.806. The molecule has 1 amide bonds. The SMILES string of the molecule is CC(C)CNC(=O)c1ccn(C)n1. The van der Waals surface area contributed by atoms with Gasteiger partial charge in [-0.05, 0) is 12.0 Å². The zero-order valence-electron chi connectivity index (χ0n) is 8.24. The van der Waals surface area contributed by atoms with Gasteiger partial charge in [0.2, 0.25) is 0 Å². The van der Waals surface area contributed by atoms with Crippen LogP contribution in [0.3, 0.4) is 0 Å². The highest BCUT2D eigenvalue weighted by atomic mass is 16.1. The molecule has 13 heavy (non-hydrogen) atoms. The first kappa shape index (κ1) is 9.77. The lowest BCUT2D eigenvalue weighted by Crippen LogP contribution is -2.27. The van der Waals surface area contributed by atoms with Gasteiger partial charge in [-0.25, -0.2) is 0 Å². The van der Waals surface area contributed by atoms with Crippen molar-refractivity contribution >= 4 is 5.91 Å². The number of carbonyl (C=O) groups excluding carboxylic acids is 1. The van der Waals surface area contributed by atoms with Gasteiger partial charge in [0.1, 0.15) is 5.69 Å². The van der Waals surface area contributed by atoms with E-state index in [4.69, 9.17) is 0 Å². The van der Waals surface area contributed by atoms with Gasteiger partial charge in [0.25, 0.3) is 5.91 Å². The summed E-state index contributed by atoms with van der Waals surface area (Å²) in [6, 6.07) is 1.70. The van der Waals surface area contributed by atoms with Crippen molar-refractivity contribution in [3.8, 4) is 0 Å². The van der Waals surface area contributed by atoms with E-state index >= 15 is 0 Å². The minimum absolute atomic E-state index is 0.102. The van der Waals surface area contributed by atoms with Crippen molar-refractivity contribution in [2.24, 2.45) is 13.0 Å². The molecular formula is C9H15N3O. The fourth-order valence-corrected chi connectivity index (χ4v) is 0.924. The molecule has 4 nitrogen and oxygen atoms in total. The number of nitrogens with one attached hydrogen (secondary N) is 1. The number of hydrogen-bond donors (Lipinski definition) is 1. The molecule has 72 valence electrons. The van der Waals surface area contributed by atoms with Crippen molar-refractivity contribution in [2.45, 2.75) is 13.8 Å². The third kappa shape index (κ3) is 2.89. The van der Waals surface area contributed by atoms with Gasteiger partial charge in [0.05, 0.1) is 0 Å². The minimum Gasteiger partial charge on any atom is -0.350 e. The van der Waals surface area contributed by atoms with Crippen molar-refractivity contribution in [2.75, 3.05) is 6.54 Å². The van der Waals surface area contributed by atoms with Crippen molar-refractivity contribution < 1.29 is 4.79 Å². The number of hydrogen-bond acceptors (Lipinski definition) is 2. The Hall–Kier alpha value is -1.32. The van der Waals surface area contributed by atoms with Crippen molar-refractivity contribution in [1.82, 2.24) is 15.1 Å². The van der Waals surface area contributed by atoms with Crippen LogP contribution >= 0.6 is 0 Å². The van der Waals surface area contributed by atoms with Gasteiger partial charge in [-0.3, -0.25) is 9.48 Å². The summed E-state index contributed by atoms with van der Waals surface area (Å²) in [5.41, 5.74) is 0.475. The van der Waals surface area contributed by atoms with E-state index in [1.807, 2.05) is 0 Å². The molecule has 1 aromatic rings. The fraction of sp³-hybridized carbons (Fsp3) is 0.556. The van der Waals surface area contributed by atoms with E-state index in [-0.39, 0.29) is 5.91 Å². The normalized spacial score (nSPS) is 10.5. The second kappa shape index (κ2) is 4.07. The maximum atomic E-state index is 11.4. The Morgan fingerprint density at radius 2 is 2.38 bits per heavy atom. The van der Waals surface area contributed by atoms with Gasteiger partial charge in [0.15, 0.2) is 0 Å². The molecule has 1 heterocycles. The molecule has 0 aliphatic heterocycles. The van der Waals surface area contributed by atoms with E-state index in [0.717, 1.165) is 0 Å². The number of carbonyl (C=O) groups is 1. The molecule has 0 spiro atoms. The second-order valence-corrected chi connectivity index (χ2v) is 3.48. The van der Waals surface area contributed by atoms with Gasteiger partial charge >= 0.3 is 0 Å². The first-order valence-corrected chi connectivity index (χ1v) is 4.37. The highest BCUT2D eigenvalue weighted by molar-refractivity contribution is 5.92. The lowest BCUT2D eigenvalue weighted by Gasteiger charge is -2.04. The Balaban J connectivity index is 2.49. The topological polar surface area (TPSA) is 46.9 Å². The van der Waals surface area contributed by atoms with Gasteiger partial charge in [-0.1, -0.05) is 13.8 Å². The van der Waals surface area contributed by atoms with Gasteiger partial charge in [-0.2, -0.15) is 5.10 Å². The Labute approximate surface area is 77.9 Å². The van der Waals surface area contributed by atoms with E-state index in [2.05, 4.69) is 24.3 Å². The molecule has 0 aliphatic carbocycles. The zero-order chi connectivity index (χ0) is 9.84. The zero-order valence-corrected chi connectivity index (χ0v) is 8.24. The lowest BCUT2D eigenvalue weighted by atomic mass is 10.2. The molecular weight excluding hydrogens is 166 g/mol. The largest absolute Gasteiger partial charge is 0.350 e. The van der Waals surface area contributed by atoms with Gasteiger partial charge in [0, 0.05) is 19.8 Å². The molecule has 1 rings (SSSR count). The highest BCUT2D eigenvalue weighted by Gasteiger charge is 2.07. The third-order valence-electron chi connectivity index (χ3n) is 1.62. The van der Waals surface area contributed by atoms with Crippen molar-refractivity contribution in [3.63, 3.8) is 0 Å². The molecule has 0 aliphatic rings. The molecule has 4 heteroatoms. The average Bonchev–Trinajstić information content (AvgIpc) is 2.47. The summed E-state index contributed by atoms with van der Waals surface area (Å²) in [7, 11) is 1.79. The molecule has 0 radical (unpaired) electrons. The van der Waals surface area contributed by atoms with Gasteiger partial charge in [-0.15, -0.1) is 0 Å². The molecule has 1 aromatic heterocycles. The molecule has 0 saturated heterocycles. The van der Waals surface area contributed by atoms with E-state index in [0.29, 0.717) is 18.2 Å². The van der Waals surface area contributed by atoms with Crippen LogP contribution in [-0.4, -0.2) is 22.2 Å². The maximum absolute atomic E-state index is 11.4. The summed E-state index contributed by atoms with van der Waals surface area (Å²) in [6.07, 6.45) is 1.75. The number of rotatable bonds is 3. The first-order valence-electron chi connectivity index (χ1n) is 4.37. The highest BCUT2D eigenvalue weighted by Crippen LogP contribution is 1.94. The summed E-state index contributed by atoms with van der Waals surface area (Å²) in [4.78, 5) is 11.4. The van der Waals surface area contributed by atoms with Crippen LogP contribution in [0.15, 0.2) is 12.3 Å². The van der Waals surface area contributed by atoms with Crippen LogP contribution in [0.4, 0.5) is 0 Å². The monoisotopic (exact) mass is 181 g/mol. The second-order valence-electron chi connectivity index (χ2n) is 3.48. The Morgan fingerprint density at radius 3 is 2.85 bits per heavy atom. The van der Waals surface area contributed by atoms with Crippen LogP contribution in [0, 0.1) is 5.92 Å². The number of nitrogens with zero attached hydrogens (tertiary/aromatic N) is 2. The summed E-state index contributed by atoms with van der Waals surface area (Å²) < 4.78 is 1.62.